The molecule has 0 spiro atoms. The van der Waals surface area contributed by atoms with E-state index in [9.17, 15) is 40.2 Å². The minimum Gasteiger partial charge on any atom is -0.657 e. The van der Waals surface area contributed by atoms with E-state index in [0.29, 0.717) is 36.4 Å². The molecule has 4 aromatic carbocycles. The molecule has 10 rings (SSSR count). The Hall–Kier alpha value is -7.14. The number of rotatable bonds is 3. The number of aliphatic hydroxyl groups is 1. The number of halogens is 19. The Labute approximate surface area is 387 Å². The van der Waals surface area contributed by atoms with Crippen LogP contribution in [-0.2, 0) is 21.1 Å². The normalized spacial score (nSPS) is 14.8. The first-order valence-corrected chi connectivity index (χ1v) is 18.7. The van der Waals surface area contributed by atoms with E-state index in [-0.39, 0.29) is 21.1 Å². The summed E-state index contributed by atoms with van der Waals surface area (Å²) in [4.78, 5) is 15.8. The molecule has 0 saturated heterocycles. The molecule has 0 unspecified atom stereocenters. The van der Waals surface area contributed by atoms with E-state index in [0.717, 1.165) is 0 Å². The monoisotopic (exact) mass is 1180 g/mol. The summed E-state index contributed by atoms with van der Waals surface area (Å²) in [5, 5.41) is 11.8. The van der Waals surface area contributed by atoms with Crippen molar-refractivity contribution in [3.8, 4) is 50.3 Å². The van der Waals surface area contributed by atoms with Gasteiger partial charge < -0.3 is 19.8 Å². The molecular formula is C44H9F19N4O2Pt. The molecule has 3 aliphatic heterocycles. The number of hydrogen-bond acceptors (Lipinski definition) is 4. The van der Waals surface area contributed by atoms with Gasteiger partial charge in [-0.2, -0.15) is 4.39 Å². The van der Waals surface area contributed by atoms with Gasteiger partial charge in [0.2, 0.25) is 29.1 Å². The fourth-order valence-electron chi connectivity index (χ4n) is 8.09. The van der Waals surface area contributed by atoms with E-state index in [1.807, 2.05) is 0 Å². The maximum Gasteiger partial charge on any atom is 2.00 e. The van der Waals surface area contributed by atoms with Crippen LogP contribution in [0.5, 0.6) is 5.75 Å². The van der Waals surface area contributed by atoms with Gasteiger partial charge in [-0.05, 0) is 34.4 Å². The predicted molar refractivity (Wildman–Crippen MR) is 197 cm³/mol. The Morgan fingerprint density at radius 1 is 0.343 bits per heavy atom. The second kappa shape index (κ2) is 16.5. The van der Waals surface area contributed by atoms with Crippen molar-refractivity contribution in [2.45, 2.75) is 12.2 Å². The van der Waals surface area contributed by atoms with E-state index in [4.69, 9.17) is 4.74 Å². The third-order valence-electron chi connectivity index (χ3n) is 11.1. The van der Waals surface area contributed by atoms with Crippen LogP contribution in [0.4, 0.5) is 83.4 Å². The van der Waals surface area contributed by atoms with Crippen molar-refractivity contribution in [2.24, 2.45) is 0 Å². The van der Waals surface area contributed by atoms with Gasteiger partial charge in [-0.15, -0.1) is 22.1 Å². The zero-order valence-corrected chi connectivity index (χ0v) is 35.0. The maximum atomic E-state index is 16.0. The van der Waals surface area contributed by atoms with Gasteiger partial charge >= 0.3 is 21.1 Å². The minimum absolute atomic E-state index is 0. The standard InChI is InChI=1S/C44H9F19N4O2.Pt/c45-21-17(22(46)29(53)35(59)28(21)52)13-7-1-2-8(64-7)14(18-23(47)30(54)36(60)31(55)24(18)48)10-4-6-12(66-10)16-20-27(51)34(58)38(62)39(63)43(20)69-44-41(16)67-40(42(44)68)15(11-5-3-9(13)65-11)19-25(49)32(56)37(61)33(57)26(19)50;/h1-6,42,44,68H;/q-2;+2/t42-,44+;/m0./s1. The van der Waals surface area contributed by atoms with Crippen molar-refractivity contribution in [3.05, 3.63) is 158 Å². The number of hydrogen-bond donors (Lipinski definition) is 1. The first-order chi connectivity index (χ1) is 32.6. The number of ether oxygens (including phenoxy) is 1. The van der Waals surface area contributed by atoms with Gasteiger partial charge in [-0.1, -0.05) is 24.3 Å². The van der Waals surface area contributed by atoms with Crippen LogP contribution in [0, 0.1) is 111 Å². The van der Waals surface area contributed by atoms with Crippen molar-refractivity contribution < 1.29 is 114 Å². The van der Waals surface area contributed by atoms with E-state index in [1.54, 1.807) is 0 Å². The summed E-state index contributed by atoms with van der Waals surface area (Å²) in [5.41, 5.74) is -21.4. The van der Waals surface area contributed by atoms with E-state index in [1.165, 1.54) is 0 Å². The molecule has 0 aliphatic carbocycles. The molecule has 2 atom stereocenters. The van der Waals surface area contributed by atoms with Crippen LogP contribution in [0.25, 0.3) is 78.7 Å². The quantitative estimate of drug-likeness (QED) is 0.108. The molecule has 0 saturated carbocycles. The van der Waals surface area contributed by atoms with Crippen LogP contribution in [-0.4, -0.2) is 15.1 Å². The fraction of sp³-hybridized carbons (Fsp3) is 0.0455. The average Bonchev–Trinajstić information content (AvgIpc) is 4.18. The summed E-state index contributed by atoms with van der Waals surface area (Å²) in [6, 6.07) is 2.33. The van der Waals surface area contributed by atoms with Crippen molar-refractivity contribution in [3.63, 3.8) is 0 Å². The largest absolute Gasteiger partial charge is 2.00 e. The van der Waals surface area contributed by atoms with Gasteiger partial charge in [0.25, 0.3) is 0 Å². The first-order valence-electron chi connectivity index (χ1n) is 18.7. The number of benzene rings is 4. The molecule has 360 valence electrons. The molecule has 1 N–H and O–H groups in total. The number of fused-ring (bicyclic) bond motifs is 10. The van der Waals surface area contributed by atoms with Crippen molar-refractivity contribution in [1.29, 1.82) is 0 Å². The summed E-state index contributed by atoms with van der Waals surface area (Å²) in [6.45, 7) is 0. The predicted octanol–water partition coefficient (Wildman–Crippen LogP) is 12.2. The fourth-order valence-corrected chi connectivity index (χ4v) is 8.09. The van der Waals surface area contributed by atoms with Crippen LogP contribution < -0.4 is 14.7 Å². The molecule has 6 nitrogen and oxygen atoms in total. The molecule has 0 fully saturated rings. The zero-order chi connectivity index (χ0) is 49.7. The summed E-state index contributed by atoms with van der Waals surface area (Å²) in [6.07, 6.45) is -4.05. The molecule has 8 bridgehead atoms. The molecule has 0 amide bonds. The molecule has 26 heteroatoms. The topological polar surface area (TPSA) is 83.4 Å². The van der Waals surface area contributed by atoms with E-state index >= 15 is 48.3 Å². The molecule has 7 aromatic rings. The van der Waals surface area contributed by atoms with Crippen LogP contribution in [0.1, 0.15) is 35.0 Å². The molecular weight excluding hydrogens is 1170 g/mol. The molecule has 3 aliphatic rings. The second-order valence-electron chi connectivity index (χ2n) is 14.8. The Bertz CT molecular complexity index is 3680. The summed E-state index contributed by atoms with van der Waals surface area (Å²) in [7, 11) is 0. The van der Waals surface area contributed by atoms with Gasteiger partial charge in [0.15, 0.2) is 93.3 Å². The van der Waals surface area contributed by atoms with Gasteiger partial charge in [-0.3, -0.25) is 0 Å². The average molecular weight is 1180 g/mol. The second-order valence-corrected chi connectivity index (χ2v) is 14.8. The van der Waals surface area contributed by atoms with E-state index in [2.05, 4.69) is 19.9 Å². The third kappa shape index (κ3) is 6.45. The number of nitrogens with zero attached hydrogens (tertiary/aromatic N) is 4. The Balaban J connectivity index is 0.00000608. The van der Waals surface area contributed by atoms with Gasteiger partial charge in [0, 0.05) is 0 Å². The summed E-state index contributed by atoms with van der Waals surface area (Å²) < 4.78 is 295. The van der Waals surface area contributed by atoms with Crippen LogP contribution in [0.2, 0.25) is 0 Å². The Morgan fingerprint density at radius 3 is 1.00 bits per heavy atom. The Kier molecular flexibility index (Phi) is 11.3. The molecule has 6 heterocycles. The van der Waals surface area contributed by atoms with Crippen LogP contribution in [0.3, 0.4) is 0 Å². The van der Waals surface area contributed by atoms with E-state index < -0.39 is 218 Å². The van der Waals surface area contributed by atoms with Crippen LogP contribution in [0.15, 0.2) is 24.3 Å². The zero-order valence-electron chi connectivity index (χ0n) is 32.8. The van der Waals surface area contributed by atoms with Crippen molar-refractivity contribution >= 4 is 34.2 Å². The molecule has 70 heavy (non-hydrogen) atoms. The third-order valence-corrected chi connectivity index (χ3v) is 11.1. The molecule has 3 aromatic heterocycles. The van der Waals surface area contributed by atoms with Gasteiger partial charge in [0.1, 0.15) is 6.10 Å². The maximum absolute atomic E-state index is 16.0. The van der Waals surface area contributed by atoms with Crippen LogP contribution >= 0.6 is 0 Å². The Morgan fingerprint density at radius 2 is 0.629 bits per heavy atom. The van der Waals surface area contributed by atoms with Gasteiger partial charge in [-0.25, -0.2) is 89.0 Å². The number of aliphatic hydroxyl groups excluding tert-OH is 1. The smallest absolute Gasteiger partial charge is 0.657 e. The molecule has 0 radical (unpaired) electrons. The first kappa shape index (κ1) is 47.9. The number of aromatic nitrogens is 4. The minimum atomic E-state index is -2.76. The van der Waals surface area contributed by atoms with Crippen molar-refractivity contribution in [1.82, 2.24) is 19.9 Å². The SMILES string of the molecule is O[C@H]1c2nc3c(c4ccc([n-]4)c(-c4c(F)c(F)c(F)c(F)c4F)c4nc(c(-c5c(F)c(F)c(F)c(F)c5F)c5ccc([n-]5)c2-c2c(F)c(F)c(F)c(F)c2F)C=C4)-c2c(F)c(F)c(F)c(F)c2O[C@H]31.[Pt+2]. The summed E-state index contributed by atoms with van der Waals surface area (Å²) >= 11 is 0. The van der Waals surface area contributed by atoms with Gasteiger partial charge in [0.05, 0.1) is 45.0 Å². The summed E-state index contributed by atoms with van der Waals surface area (Å²) in [5.74, 6) is -51.4. The van der Waals surface area contributed by atoms with Crippen molar-refractivity contribution in [2.75, 3.05) is 0 Å².